The van der Waals surface area contributed by atoms with Gasteiger partial charge in [0.05, 0.1) is 22.3 Å². The average Bonchev–Trinajstić information content (AvgIpc) is 3.24. The molecule has 0 aliphatic carbocycles. The zero-order valence-corrected chi connectivity index (χ0v) is 18.0. The predicted molar refractivity (Wildman–Crippen MR) is 119 cm³/mol. The molecule has 6 nitrogen and oxygen atoms in total. The normalized spacial score (nSPS) is 11.3. The number of thioether (sulfide) groups is 1. The molecule has 0 aliphatic heterocycles. The third-order valence-electron chi connectivity index (χ3n) is 4.94. The topological polar surface area (TPSA) is 73.8 Å². The van der Waals surface area contributed by atoms with E-state index in [9.17, 15) is 4.79 Å². The van der Waals surface area contributed by atoms with Gasteiger partial charge >= 0.3 is 0 Å². The summed E-state index contributed by atoms with van der Waals surface area (Å²) in [4.78, 5) is 22.5. The summed E-state index contributed by atoms with van der Waals surface area (Å²) in [5.41, 5.74) is 2.62. The van der Waals surface area contributed by atoms with Gasteiger partial charge in [0.15, 0.2) is 11.0 Å². The summed E-state index contributed by atoms with van der Waals surface area (Å²) < 4.78 is 7.05. The lowest BCUT2D eigenvalue weighted by molar-refractivity contribution is 0.384. The van der Waals surface area contributed by atoms with Gasteiger partial charge in [0.2, 0.25) is 5.89 Å². The van der Waals surface area contributed by atoms with Crippen molar-refractivity contribution >= 4 is 22.7 Å². The van der Waals surface area contributed by atoms with Crippen LogP contribution in [0.15, 0.2) is 63.0 Å². The molecule has 0 aliphatic rings. The van der Waals surface area contributed by atoms with Crippen molar-refractivity contribution in [1.82, 2.24) is 19.7 Å². The SMILES string of the molecule is CCCCc1noc(CSc2nc3ccccc3c(=O)n2-c2ccc(CC)cc2)n1. The number of fused-ring (bicyclic) bond motifs is 1. The number of para-hydroxylation sites is 1. The highest BCUT2D eigenvalue weighted by molar-refractivity contribution is 7.98. The molecule has 0 saturated heterocycles. The van der Waals surface area contributed by atoms with Crippen molar-refractivity contribution in [2.75, 3.05) is 0 Å². The standard InChI is InChI=1S/C23H24N4O2S/c1-3-5-10-20-25-21(29-26-20)15-30-23-24-19-9-7-6-8-18(19)22(28)27(23)17-13-11-16(4-2)12-14-17/h6-9,11-14H,3-5,10,15H2,1-2H3. The minimum Gasteiger partial charge on any atom is -0.338 e. The molecule has 0 amide bonds. The van der Waals surface area contributed by atoms with Crippen LogP contribution in [0.3, 0.4) is 0 Å². The Morgan fingerprint density at radius 1 is 1.03 bits per heavy atom. The van der Waals surface area contributed by atoms with Gasteiger partial charge in [-0.3, -0.25) is 9.36 Å². The highest BCUT2D eigenvalue weighted by Crippen LogP contribution is 2.24. The van der Waals surface area contributed by atoms with E-state index in [-0.39, 0.29) is 5.56 Å². The lowest BCUT2D eigenvalue weighted by Gasteiger charge is -2.13. The Balaban J connectivity index is 1.70. The Kier molecular flexibility index (Phi) is 6.28. The summed E-state index contributed by atoms with van der Waals surface area (Å²) in [6.07, 6.45) is 3.88. The van der Waals surface area contributed by atoms with Gasteiger partial charge < -0.3 is 4.52 Å². The number of hydrogen-bond acceptors (Lipinski definition) is 6. The first-order chi connectivity index (χ1) is 14.7. The van der Waals surface area contributed by atoms with Gasteiger partial charge in [0.25, 0.3) is 5.56 Å². The summed E-state index contributed by atoms with van der Waals surface area (Å²) in [7, 11) is 0. The maximum Gasteiger partial charge on any atom is 0.266 e. The summed E-state index contributed by atoms with van der Waals surface area (Å²) in [6, 6.07) is 15.5. The van der Waals surface area contributed by atoms with Crippen LogP contribution in [0, 0.1) is 0 Å². The molecule has 0 N–H and O–H groups in total. The van der Waals surface area contributed by atoms with Crippen molar-refractivity contribution < 1.29 is 4.52 Å². The second kappa shape index (κ2) is 9.26. The number of aryl methyl sites for hydroxylation is 2. The van der Waals surface area contributed by atoms with Gasteiger partial charge in [-0.1, -0.05) is 61.5 Å². The minimum atomic E-state index is -0.0819. The molecule has 0 radical (unpaired) electrons. The maximum absolute atomic E-state index is 13.3. The van der Waals surface area contributed by atoms with E-state index in [1.54, 1.807) is 4.57 Å². The Bertz CT molecular complexity index is 1200. The summed E-state index contributed by atoms with van der Waals surface area (Å²) in [5, 5.41) is 5.25. The Labute approximate surface area is 179 Å². The van der Waals surface area contributed by atoms with Crippen LogP contribution in [0.25, 0.3) is 16.6 Å². The van der Waals surface area contributed by atoms with E-state index in [1.807, 2.05) is 48.5 Å². The summed E-state index contributed by atoms with van der Waals surface area (Å²) >= 11 is 1.43. The third kappa shape index (κ3) is 4.31. The Morgan fingerprint density at radius 3 is 2.60 bits per heavy atom. The number of aromatic nitrogens is 4. The smallest absolute Gasteiger partial charge is 0.266 e. The monoisotopic (exact) mass is 420 g/mol. The van der Waals surface area contributed by atoms with E-state index in [2.05, 4.69) is 24.0 Å². The number of benzene rings is 2. The van der Waals surface area contributed by atoms with E-state index >= 15 is 0 Å². The second-order valence-electron chi connectivity index (χ2n) is 7.07. The molecular formula is C23H24N4O2S. The van der Waals surface area contributed by atoms with Crippen LogP contribution in [-0.2, 0) is 18.6 Å². The first kappa shape index (κ1) is 20.3. The zero-order chi connectivity index (χ0) is 20.9. The molecule has 30 heavy (non-hydrogen) atoms. The molecule has 7 heteroatoms. The Hall–Kier alpha value is -2.93. The quantitative estimate of drug-likeness (QED) is 0.296. The van der Waals surface area contributed by atoms with Crippen LogP contribution in [0.5, 0.6) is 0 Å². The van der Waals surface area contributed by atoms with Gasteiger partial charge in [0, 0.05) is 6.42 Å². The van der Waals surface area contributed by atoms with E-state index in [0.29, 0.717) is 27.7 Å². The van der Waals surface area contributed by atoms with Gasteiger partial charge in [-0.15, -0.1) is 0 Å². The van der Waals surface area contributed by atoms with Crippen LogP contribution in [0.2, 0.25) is 0 Å². The van der Waals surface area contributed by atoms with Crippen LogP contribution in [0.1, 0.15) is 44.0 Å². The molecule has 0 fully saturated rings. The van der Waals surface area contributed by atoms with E-state index in [1.165, 1.54) is 17.3 Å². The Morgan fingerprint density at radius 2 is 1.83 bits per heavy atom. The molecule has 0 spiro atoms. The van der Waals surface area contributed by atoms with E-state index in [4.69, 9.17) is 9.51 Å². The number of rotatable bonds is 8. The molecule has 4 aromatic rings. The molecular weight excluding hydrogens is 396 g/mol. The van der Waals surface area contributed by atoms with Crippen LogP contribution < -0.4 is 5.56 Å². The molecule has 0 atom stereocenters. The van der Waals surface area contributed by atoms with Crippen molar-refractivity contribution in [2.24, 2.45) is 0 Å². The average molecular weight is 421 g/mol. The van der Waals surface area contributed by atoms with Gasteiger partial charge in [-0.25, -0.2) is 4.98 Å². The molecule has 2 heterocycles. The van der Waals surface area contributed by atoms with Gasteiger partial charge in [-0.05, 0) is 42.7 Å². The lowest BCUT2D eigenvalue weighted by atomic mass is 10.1. The summed E-state index contributed by atoms with van der Waals surface area (Å²) in [6.45, 7) is 4.24. The van der Waals surface area contributed by atoms with Crippen molar-refractivity contribution in [3.8, 4) is 5.69 Å². The minimum absolute atomic E-state index is 0.0819. The maximum atomic E-state index is 13.3. The van der Waals surface area contributed by atoms with E-state index in [0.717, 1.165) is 37.2 Å². The number of nitrogens with zero attached hydrogens (tertiary/aromatic N) is 4. The van der Waals surface area contributed by atoms with Gasteiger partial charge in [0.1, 0.15) is 0 Å². The zero-order valence-electron chi connectivity index (χ0n) is 17.2. The molecule has 0 bridgehead atoms. The molecule has 2 aromatic carbocycles. The van der Waals surface area contributed by atoms with Crippen molar-refractivity contribution in [2.45, 2.75) is 50.4 Å². The molecule has 0 saturated carbocycles. The highest BCUT2D eigenvalue weighted by Gasteiger charge is 2.15. The first-order valence-corrected chi connectivity index (χ1v) is 11.2. The third-order valence-corrected chi connectivity index (χ3v) is 5.86. The number of hydrogen-bond donors (Lipinski definition) is 0. The fourth-order valence-electron chi connectivity index (χ4n) is 3.23. The van der Waals surface area contributed by atoms with Crippen LogP contribution in [-0.4, -0.2) is 19.7 Å². The van der Waals surface area contributed by atoms with E-state index < -0.39 is 0 Å². The summed E-state index contributed by atoms with van der Waals surface area (Å²) in [5.74, 6) is 1.73. The van der Waals surface area contributed by atoms with Crippen molar-refractivity contribution in [1.29, 1.82) is 0 Å². The number of unbranched alkanes of at least 4 members (excludes halogenated alkanes) is 1. The fraction of sp³-hybridized carbons (Fsp3) is 0.304. The lowest BCUT2D eigenvalue weighted by Crippen LogP contribution is -2.21. The highest BCUT2D eigenvalue weighted by atomic mass is 32.2. The molecule has 154 valence electrons. The predicted octanol–water partition coefficient (Wildman–Crippen LogP) is 4.97. The van der Waals surface area contributed by atoms with Crippen molar-refractivity contribution in [3.63, 3.8) is 0 Å². The molecule has 0 unspecified atom stereocenters. The molecule has 2 aromatic heterocycles. The first-order valence-electron chi connectivity index (χ1n) is 10.2. The van der Waals surface area contributed by atoms with Crippen LogP contribution >= 0.6 is 11.8 Å². The van der Waals surface area contributed by atoms with Gasteiger partial charge in [-0.2, -0.15) is 4.98 Å². The van der Waals surface area contributed by atoms with Crippen LogP contribution in [0.4, 0.5) is 0 Å². The fourth-order valence-corrected chi connectivity index (χ4v) is 4.08. The second-order valence-corrected chi connectivity index (χ2v) is 8.01. The molecule has 4 rings (SSSR count). The van der Waals surface area contributed by atoms with Crippen molar-refractivity contribution in [3.05, 3.63) is 76.2 Å². The largest absolute Gasteiger partial charge is 0.338 e.